The average molecular weight is 225 g/mol. The van der Waals surface area contributed by atoms with Crippen LogP contribution in [0.15, 0.2) is 18.2 Å². The van der Waals surface area contributed by atoms with Crippen LogP contribution in [0.3, 0.4) is 0 Å². The van der Waals surface area contributed by atoms with Crippen molar-refractivity contribution in [2.45, 2.75) is 0 Å². The standard InChI is InChI=1S/C10H11NO5/c1-15-7-3-4-10(16-2)8(5-7)9(12)6-11(13)14/h3-5H,6H2,1-2H3. The molecule has 1 aromatic rings. The van der Waals surface area contributed by atoms with E-state index in [1.807, 2.05) is 0 Å². The molecule has 0 saturated heterocycles. The minimum absolute atomic E-state index is 0.151. The van der Waals surface area contributed by atoms with Crippen LogP contribution in [0.1, 0.15) is 10.4 Å². The van der Waals surface area contributed by atoms with E-state index < -0.39 is 17.3 Å². The smallest absolute Gasteiger partial charge is 0.265 e. The third-order valence-corrected chi connectivity index (χ3v) is 1.98. The van der Waals surface area contributed by atoms with E-state index in [9.17, 15) is 14.9 Å². The third kappa shape index (κ3) is 2.69. The number of rotatable bonds is 5. The molecule has 0 atom stereocenters. The molecule has 0 spiro atoms. The molecule has 0 aliphatic rings. The van der Waals surface area contributed by atoms with Crippen LogP contribution in [0.5, 0.6) is 11.5 Å². The lowest BCUT2D eigenvalue weighted by atomic mass is 10.1. The van der Waals surface area contributed by atoms with E-state index in [4.69, 9.17) is 9.47 Å². The minimum atomic E-state index is -0.760. The fraction of sp³-hybridized carbons (Fsp3) is 0.300. The normalized spacial score (nSPS) is 9.62. The van der Waals surface area contributed by atoms with Crippen LogP contribution in [-0.2, 0) is 0 Å². The molecule has 0 N–H and O–H groups in total. The van der Waals surface area contributed by atoms with Crippen molar-refractivity contribution in [3.8, 4) is 11.5 Å². The molecule has 0 fully saturated rings. The second-order valence-corrected chi connectivity index (χ2v) is 2.98. The molecule has 0 aromatic heterocycles. The summed E-state index contributed by atoms with van der Waals surface area (Å²) in [7, 11) is 2.84. The molecule has 6 heteroatoms. The predicted molar refractivity (Wildman–Crippen MR) is 55.7 cm³/mol. The Labute approximate surface area is 91.9 Å². The van der Waals surface area contributed by atoms with Crippen LogP contribution in [0, 0.1) is 10.1 Å². The lowest BCUT2D eigenvalue weighted by Crippen LogP contribution is -2.14. The maximum atomic E-state index is 11.5. The van der Waals surface area contributed by atoms with Crippen molar-refractivity contribution in [1.29, 1.82) is 0 Å². The zero-order valence-corrected chi connectivity index (χ0v) is 8.93. The summed E-state index contributed by atoms with van der Waals surface area (Å²) in [5.41, 5.74) is 0.151. The Bertz CT molecular complexity index is 416. The first kappa shape index (κ1) is 12.0. The van der Waals surface area contributed by atoms with Gasteiger partial charge in [-0.1, -0.05) is 0 Å². The number of ketones is 1. The number of ether oxygens (including phenoxy) is 2. The Kier molecular flexibility index (Phi) is 3.82. The molecule has 0 unspecified atom stereocenters. The van der Waals surface area contributed by atoms with Gasteiger partial charge < -0.3 is 9.47 Å². The third-order valence-electron chi connectivity index (χ3n) is 1.98. The van der Waals surface area contributed by atoms with Crippen molar-refractivity contribution >= 4 is 5.78 Å². The average Bonchev–Trinajstić information content (AvgIpc) is 2.27. The highest BCUT2D eigenvalue weighted by atomic mass is 16.6. The monoisotopic (exact) mass is 225 g/mol. The van der Waals surface area contributed by atoms with Crippen LogP contribution in [0.2, 0.25) is 0 Å². The molecular weight excluding hydrogens is 214 g/mol. The lowest BCUT2D eigenvalue weighted by Gasteiger charge is -2.07. The summed E-state index contributed by atoms with van der Waals surface area (Å²) >= 11 is 0. The molecule has 0 amide bonds. The maximum absolute atomic E-state index is 11.5. The molecule has 0 aliphatic carbocycles. The molecular formula is C10H11NO5. The molecule has 0 radical (unpaired) electrons. The van der Waals surface area contributed by atoms with Gasteiger partial charge in [0.05, 0.1) is 19.8 Å². The number of hydrogen-bond acceptors (Lipinski definition) is 5. The van der Waals surface area contributed by atoms with E-state index in [1.165, 1.54) is 26.4 Å². The quantitative estimate of drug-likeness (QED) is 0.427. The van der Waals surface area contributed by atoms with Gasteiger partial charge in [-0.25, -0.2) is 0 Å². The zero-order chi connectivity index (χ0) is 12.1. The summed E-state index contributed by atoms with van der Waals surface area (Å²) in [6, 6.07) is 4.57. The fourth-order valence-electron chi connectivity index (χ4n) is 1.23. The predicted octanol–water partition coefficient (Wildman–Crippen LogP) is 1.16. The molecule has 6 nitrogen and oxygen atoms in total. The van der Waals surface area contributed by atoms with Crippen LogP contribution in [0.25, 0.3) is 0 Å². The van der Waals surface area contributed by atoms with Gasteiger partial charge in [0.15, 0.2) is 0 Å². The Balaban J connectivity index is 3.08. The minimum Gasteiger partial charge on any atom is -0.497 e. The number of hydrogen-bond donors (Lipinski definition) is 0. The van der Waals surface area contributed by atoms with E-state index in [2.05, 4.69) is 0 Å². The Hall–Kier alpha value is -2.11. The van der Waals surface area contributed by atoms with Crippen molar-refractivity contribution in [1.82, 2.24) is 0 Å². The first-order valence-electron chi connectivity index (χ1n) is 4.45. The summed E-state index contributed by atoms with van der Waals surface area (Å²) in [6.07, 6.45) is 0. The largest absolute Gasteiger partial charge is 0.497 e. The number of nitrogens with zero attached hydrogens (tertiary/aromatic N) is 1. The summed E-state index contributed by atoms with van der Waals surface area (Å²) in [6.45, 7) is -0.760. The molecule has 86 valence electrons. The number of carbonyl (C=O) groups is 1. The molecule has 0 heterocycles. The van der Waals surface area contributed by atoms with Crippen LogP contribution in [-0.4, -0.2) is 31.5 Å². The maximum Gasteiger partial charge on any atom is 0.265 e. The Morgan fingerprint density at radius 2 is 2.06 bits per heavy atom. The van der Waals surface area contributed by atoms with E-state index in [0.29, 0.717) is 11.5 Å². The summed E-state index contributed by atoms with van der Waals surface area (Å²) in [5, 5.41) is 10.2. The second-order valence-electron chi connectivity index (χ2n) is 2.98. The highest BCUT2D eigenvalue weighted by Gasteiger charge is 2.18. The molecule has 1 rings (SSSR count). The van der Waals surface area contributed by atoms with Crippen molar-refractivity contribution in [2.75, 3.05) is 20.8 Å². The molecule has 16 heavy (non-hydrogen) atoms. The number of carbonyl (C=O) groups excluding carboxylic acids is 1. The van der Waals surface area contributed by atoms with E-state index in [0.717, 1.165) is 0 Å². The van der Waals surface area contributed by atoms with Gasteiger partial charge >= 0.3 is 0 Å². The van der Waals surface area contributed by atoms with E-state index in [1.54, 1.807) is 6.07 Å². The fourth-order valence-corrected chi connectivity index (χ4v) is 1.23. The van der Waals surface area contributed by atoms with Gasteiger partial charge in [-0.05, 0) is 18.2 Å². The zero-order valence-electron chi connectivity index (χ0n) is 8.93. The van der Waals surface area contributed by atoms with Crippen molar-refractivity contribution < 1.29 is 19.2 Å². The number of benzene rings is 1. The summed E-state index contributed by atoms with van der Waals surface area (Å²) in [5.74, 6) is 0.140. The van der Waals surface area contributed by atoms with Crippen LogP contribution in [0.4, 0.5) is 0 Å². The lowest BCUT2D eigenvalue weighted by molar-refractivity contribution is -0.465. The van der Waals surface area contributed by atoms with Gasteiger partial charge in [-0.2, -0.15) is 0 Å². The van der Waals surface area contributed by atoms with Gasteiger partial charge in [0.25, 0.3) is 6.54 Å². The van der Waals surface area contributed by atoms with Crippen LogP contribution < -0.4 is 9.47 Å². The van der Waals surface area contributed by atoms with Gasteiger partial charge in [0, 0.05) is 4.92 Å². The van der Waals surface area contributed by atoms with Crippen molar-refractivity contribution in [3.63, 3.8) is 0 Å². The highest BCUT2D eigenvalue weighted by molar-refractivity contribution is 5.99. The SMILES string of the molecule is COc1ccc(OC)c(C(=O)C[N+](=O)[O-])c1. The molecule has 1 aromatic carbocycles. The van der Waals surface area contributed by atoms with Crippen molar-refractivity contribution in [3.05, 3.63) is 33.9 Å². The van der Waals surface area contributed by atoms with Crippen molar-refractivity contribution in [2.24, 2.45) is 0 Å². The van der Waals surface area contributed by atoms with Gasteiger partial charge in [-0.15, -0.1) is 0 Å². The molecule has 0 saturated carbocycles. The van der Waals surface area contributed by atoms with Gasteiger partial charge in [-0.3, -0.25) is 14.9 Å². The van der Waals surface area contributed by atoms with Gasteiger partial charge in [0.2, 0.25) is 5.78 Å². The Morgan fingerprint density at radius 3 is 2.56 bits per heavy atom. The van der Waals surface area contributed by atoms with Crippen LogP contribution >= 0.6 is 0 Å². The number of methoxy groups -OCH3 is 2. The molecule has 0 bridgehead atoms. The topological polar surface area (TPSA) is 78.7 Å². The first-order chi connectivity index (χ1) is 7.58. The van der Waals surface area contributed by atoms with E-state index in [-0.39, 0.29) is 5.56 Å². The summed E-state index contributed by atoms with van der Waals surface area (Å²) < 4.78 is 9.88. The summed E-state index contributed by atoms with van der Waals surface area (Å²) in [4.78, 5) is 21.1. The number of Topliss-reactive ketones (excluding diaryl/α,β-unsaturated/α-hetero) is 1. The van der Waals surface area contributed by atoms with Gasteiger partial charge in [0.1, 0.15) is 11.5 Å². The first-order valence-corrected chi connectivity index (χ1v) is 4.45. The van der Waals surface area contributed by atoms with E-state index >= 15 is 0 Å². The number of nitro groups is 1. The second kappa shape index (κ2) is 5.11. The Morgan fingerprint density at radius 1 is 1.38 bits per heavy atom. The molecule has 0 aliphatic heterocycles. The highest BCUT2D eigenvalue weighted by Crippen LogP contribution is 2.24.